The van der Waals surface area contributed by atoms with Gasteiger partial charge in [0.2, 0.25) is 5.91 Å². The van der Waals surface area contributed by atoms with Crippen molar-refractivity contribution in [3.8, 4) is 11.3 Å². The fourth-order valence-electron chi connectivity index (χ4n) is 3.75. The fourth-order valence-corrected chi connectivity index (χ4v) is 4.02. The van der Waals surface area contributed by atoms with Gasteiger partial charge in [-0.25, -0.2) is 9.97 Å². The molecule has 5 aromatic rings. The van der Waals surface area contributed by atoms with Crippen LogP contribution in [0.15, 0.2) is 66.9 Å². The van der Waals surface area contributed by atoms with Gasteiger partial charge < -0.3 is 10.3 Å². The van der Waals surface area contributed by atoms with Crippen molar-refractivity contribution in [2.45, 2.75) is 13.5 Å². The number of halogens is 1. The summed E-state index contributed by atoms with van der Waals surface area (Å²) < 4.78 is 2.09. The first-order valence-electron chi connectivity index (χ1n) is 9.77. The molecule has 152 valence electrons. The fraction of sp³-hybridized carbons (Fsp3) is 0.0833. The minimum Gasteiger partial charge on any atom is -0.366 e. The van der Waals surface area contributed by atoms with Gasteiger partial charge in [0.05, 0.1) is 28.3 Å². The van der Waals surface area contributed by atoms with Gasteiger partial charge in [-0.1, -0.05) is 29.8 Å². The number of hydrogen-bond acceptors (Lipinski definition) is 4. The van der Waals surface area contributed by atoms with E-state index in [1.54, 1.807) is 24.4 Å². The summed E-state index contributed by atoms with van der Waals surface area (Å²) in [7, 11) is 0. The zero-order chi connectivity index (χ0) is 21.5. The molecular formula is C24H18ClN5O. The standard InChI is InChI=1S/C24H18ClN5O/c1-14-28-22-9-8-21(17-5-6-18(23(26)31)19(25)12-17)29-24(22)30(14)13-15-4-7-20-16(11-15)3-2-10-27-20/h2-12H,13H2,1H3,(H2,26,31). The van der Waals surface area contributed by atoms with E-state index in [-0.39, 0.29) is 5.56 Å². The molecule has 7 heteroatoms. The van der Waals surface area contributed by atoms with Crippen LogP contribution in [0.25, 0.3) is 33.3 Å². The van der Waals surface area contributed by atoms with Gasteiger partial charge in [0.1, 0.15) is 11.3 Å². The number of pyridine rings is 2. The minimum absolute atomic E-state index is 0.290. The maximum atomic E-state index is 11.5. The number of nitrogens with zero attached hydrogens (tertiary/aromatic N) is 4. The molecule has 0 unspecified atom stereocenters. The van der Waals surface area contributed by atoms with E-state index in [0.29, 0.717) is 11.6 Å². The second-order valence-electron chi connectivity index (χ2n) is 7.37. The van der Waals surface area contributed by atoms with Gasteiger partial charge in [-0.15, -0.1) is 0 Å². The average Bonchev–Trinajstić information content (AvgIpc) is 3.07. The van der Waals surface area contributed by atoms with E-state index >= 15 is 0 Å². The maximum Gasteiger partial charge on any atom is 0.250 e. The molecule has 0 bridgehead atoms. The number of carbonyl (C=O) groups is 1. The Morgan fingerprint density at radius 2 is 1.87 bits per heavy atom. The van der Waals surface area contributed by atoms with Gasteiger partial charge in [0.25, 0.3) is 0 Å². The van der Waals surface area contributed by atoms with Crippen LogP contribution in [0.1, 0.15) is 21.7 Å². The molecule has 31 heavy (non-hydrogen) atoms. The number of benzene rings is 2. The highest BCUT2D eigenvalue weighted by Crippen LogP contribution is 2.27. The maximum absolute atomic E-state index is 11.5. The molecule has 1 amide bonds. The van der Waals surface area contributed by atoms with Gasteiger partial charge in [-0.05, 0) is 55.0 Å². The predicted molar refractivity (Wildman–Crippen MR) is 122 cm³/mol. The highest BCUT2D eigenvalue weighted by atomic mass is 35.5. The molecule has 3 aromatic heterocycles. The third-order valence-corrected chi connectivity index (χ3v) is 5.63. The van der Waals surface area contributed by atoms with Crippen LogP contribution >= 0.6 is 11.6 Å². The lowest BCUT2D eigenvalue weighted by Crippen LogP contribution is -2.11. The largest absolute Gasteiger partial charge is 0.366 e. The Kier molecular flexibility index (Phi) is 4.64. The molecule has 0 aliphatic carbocycles. The number of rotatable bonds is 4. The quantitative estimate of drug-likeness (QED) is 0.448. The second kappa shape index (κ2) is 7.49. The number of carbonyl (C=O) groups excluding carboxylic acids is 1. The van der Waals surface area contributed by atoms with Crippen LogP contribution < -0.4 is 5.73 Å². The highest BCUT2D eigenvalue weighted by molar-refractivity contribution is 6.34. The first-order chi connectivity index (χ1) is 15.0. The molecule has 0 saturated heterocycles. The third kappa shape index (κ3) is 3.51. The normalized spacial score (nSPS) is 11.3. The Labute approximate surface area is 183 Å². The molecule has 0 saturated carbocycles. The van der Waals surface area contributed by atoms with Crippen molar-refractivity contribution in [1.29, 1.82) is 0 Å². The summed E-state index contributed by atoms with van der Waals surface area (Å²) in [5.74, 6) is 0.326. The van der Waals surface area contributed by atoms with Crippen molar-refractivity contribution in [2.24, 2.45) is 5.73 Å². The topological polar surface area (TPSA) is 86.7 Å². The van der Waals surface area contributed by atoms with Gasteiger partial charge in [-0.2, -0.15) is 0 Å². The number of aromatic nitrogens is 4. The molecule has 5 rings (SSSR count). The summed E-state index contributed by atoms with van der Waals surface area (Å²) in [6.07, 6.45) is 1.79. The summed E-state index contributed by atoms with van der Waals surface area (Å²) in [5.41, 5.74) is 10.9. The number of amides is 1. The molecule has 0 aliphatic heterocycles. The lowest BCUT2D eigenvalue weighted by atomic mass is 10.1. The molecule has 0 aliphatic rings. The van der Waals surface area contributed by atoms with Crippen molar-refractivity contribution in [3.63, 3.8) is 0 Å². The van der Waals surface area contributed by atoms with E-state index in [2.05, 4.69) is 32.7 Å². The van der Waals surface area contributed by atoms with Crippen LogP contribution in [-0.4, -0.2) is 25.4 Å². The summed E-state index contributed by atoms with van der Waals surface area (Å²) in [4.78, 5) is 25.4. The molecule has 6 nitrogen and oxygen atoms in total. The number of aryl methyl sites for hydroxylation is 1. The number of fused-ring (bicyclic) bond motifs is 2. The van der Waals surface area contributed by atoms with Gasteiger partial charge in [0.15, 0.2) is 5.65 Å². The Bertz CT molecular complexity index is 1470. The summed E-state index contributed by atoms with van der Waals surface area (Å²) >= 11 is 6.23. The molecule has 3 heterocycles. The Morgan fingerprint density at radius 1 is 1.03 bits per heavy atom. The summed E-state index contributed by atoms with van der Waals surface area (Å²) in [5, 5.41) is 1.40. The van der Waals surface area contributed by atoms with E-state index in [1.165, 1.54) is 0 Å². The zero-order valence-corrected chi connectivity index (χ0v) is 17.5. The van der Waals surface area contributed by atoms with Crippen LogP contribution in [0.5, 0.6) is 0 Å². The predicted octanol–water partition coefficient (Wildman–Crippen LogP) is 4.76. The lowest BCUT2D eigenvalue weighted by Gasteiger charge is -2.09. The van der Waals surface area contributed by atoms with Crippen molar-refractivity contribution in [1.82, 2.24) is 19.5 Å². The van der Waals surface area contributed by atoms with Crippen molar-refractivity contribution in [2.75, 3.05) is 0 Å². The average molecular weight is 428 g/mol. The van der Waals surface area contributed by atoms with E-state index in [0.717, 1.165) is 44.7 Å². The monoisotopic (exact) mass is 427 g/mol. The SMILES string of the molecule is Cc1nc2ccc(-c3ccc(C(N)=O)c(Cl)c3)nc2n1Cc1ccc2ncccc2c1. The summed E-state index contributed by atoms with van der Waals surface area (Å²) in [6, 6.07) is 19.2. The van der Waals surface area contributed by atoms with Gasteiger partial charge >= 0.3 is 0 Å². The molecule has 0 atom stereocenters. The van der Waals surface area contributed by atoms with Crippen molar-refractivity contribution in [3.05, 3.63) is 88.8 Å². The number of imidazole rings is 1. The first kappa shape index (κ1) is 19.2. The number of primary amides is 1. The Morgan fingerprint density at radius 3 is 2.68 bits per heavy atom. The molecule has 0 radical (unpaired) electrons. The Balaban J connectivity index is 1.56. The molecular weight excluding hydrogens is 410 g/mol. The van der Waals surface area contributed by atoms with E-state index < -0.39 is 5.91 Å². The third-order valence-electron chi connectivity index (χ3n) is 5.32. The lowest BCUT2D eigenvalue weighted by molar-refractivity contribution is 0.100. The smallest absolute Gasteiger partial charge is 0.250 e. The van der Waals surface area contributed by atoms with Crippen LogP contribution in [0, 0.1) is 6.92 Å². The summed E-state index contributed by atoms with van der Waals surface area (Å²) in [6.45, 7) is 2.62. The van der Waals surface area contributed by atoms with E-state index in [4.69, 9.17) is 22.3 Å². The van der Waals surface area contributed by atoms with Crippen molar-refractivity contribution < 1.29 is 4.79 Å². The van der Waals surface area contributed by atoms with Gasteiger partial charge in [-0.3, -0.25) is 9.78 Å². The van der Waals surface area contributed by atoms with Crippen LogP contribution in [0.4, 0.5) is 0 Å². The molecule has 2 aromatic carbocycles. The van der Waals surface area contributed by atoms with Crippen LogP contribution in [0.2, 0.25) is 5.02 Å². The molecule has 2 N–H and O–H groups in total. The van der Waals surface area contributed by atoms with E-state index in [1.807, 2.05) is 31.2 Å². The molecule has 0 fully saturated rings. The minimum atomic E-state index is -0.556. The number of nitrogens with two attached hydrogens (primary N) is 1. The van der Waals surface area contributed by atoms with Crippen LogP contribution in [0.3, 0.4) is 0 Å². The Hall–Kier alpha value is -3.77. The highest BCUT2D eigenvalue weighted by Gasteiger charge is 2.13. The van der Waals surface area contributed by atoms with E-state index in [9.17, 15) is 4.79 Å². The van der Waals surface area contributed by atoms with Gasteiger partial charge in [0, 0.05) is 17.1 Å². The molecule has 0 spiro atoms. The van der Waals surface area contributed by atoms with Crippen LogP contribution in [-0.2, 0) is 6.54 Å². The number of hydrogen-bond donors (Lipinski definition) is 1. The van der Waals surface area contributed by atoms with Crippen molar-refractivity contribution >= 4 is 39.6 Å². The first-order valence-corrected chi connectivity index (χ1v) is 10.1. The zero-order valence-electron chi connectivity index (χ0n) is 16.7. The second-order valence-corrected chi connectivity index (χ2v) is 7.78.